The number of nitrogens with zero attached hydrogens (tertiary/aromatic N) is 2. The quantitative estimate of drug-likeness (QED) is 0.393. The van der Waals surface area contributed by atoms with E-state index < -0.39 is 0 Å². The molecule has 0 aliphatic heterocycles. The Morgan fingerprint density at radius 3 is 2.80 bits per heavy atom. The highest BCUT2D eigenvalue weighted by Gasteiger charge is 2.21. The molecule has 0 aliphatic carbocycles. The van der Waals surface area contributed by atoms with Crippen molar-refractivity contribution in [3.63, 3.8) is 0 Å². The molecule has 4 aromatic rings. The van der Waals surface area contributed by atoms with Crippen LogP contribution in [0.1, 0.15) is 15.4 Å². The summed E-state index contributed by atoms with van der Waals surface area (Å²) < 4.78 is 16.9. The summed E-state index contributed by atoms with van der Waals surface area (Å²) in [6.45, 7) is 1.34. The highest BCUT2D eigenvalue weighted by Crippen LogP contribution is 2.36. The van der Waals surface area contributed by atoms with Crippen molar-refractivity contribution < 1.29 is 18.7 Å². The van der Waals surface area contributed by atoms with E-state index >= 15 is 0 Å². The van der Waals surface area contributed by atoms with E-state index in [9.17, 15) is 4.79 Å². The first-order chi connectivity index (χ1) is 14.7. The molecule has 9 heteroatoms. The molecule has 0 unspecified atom stereocenters. The van der Waals surface area contributed by atoms with Crippen LogP contribution in [0.3, 0.4) is 0 Å². The van der Waals surface area contributed by atoms with Gasteiger partial charge in [-0.25, -0.2) is 4.98 Å². The number of benzene rings is 1. The summed E-state index contributed by atoms with van der Waals surface area (Å²) in [7, 11) is 3.26. The van der Waals surface area contributed by atoms with Gasteiger partial charge in [0.1, 0.15) is 16.3 Å². The average molecular weight is 444 g/mol. The van der Waals surface area contributed by atoms with E-state index in [1.54, 1.807) is 25.4 Å². The smallest absolute Gasteiger partial charge is 0.264 e. The number of carbonyl (C=O) groups excluding carboxylic acids is 1. The van der Waals surface area contributed by atoms with Crippen LogP contribution in [0.4, 0.5) is 10.8 Å². The fraction of sp³-hybridized carbons (Fsp3) is 0.238. The summed E-state index contributed by atoms with van der Waals surface area (Å²) in [6, 6.07) is 13.3. The van der Waals surface area contributed by atoms with E-state index in [1.807, 2.05) is 42.5 Å². The number of furan rings is 1. The number of rotatable bonds is 9. The second-order valence-electron chi connectivity index (χ2n) is 6.42. The van der Waals surface area contributed by atoms with E-state index in [-0.39, 0.29) is 5.91 Å². The Labute approximate surface area is 181 Å². The number of hydrogen-bond acceptors (Lipinski definition) is 8. The first-order valence-electron chi connectivity index (χ1n) is 9.29. The molecule has 1 aromatic carbocycles. The maximum absolute atomic E-state index is 13.1. The van der Waals surface area contributed by atoms with Gasteiger partial charge >= 0.3 is 0 Å². The van der Waals surface area contributed by atoms with E-state index in [0.29, 0.717) is 24.6 Å². The molecule has 7 nitrogen and oxygen atoms in total. The Morgan fingerprint density at radius 1 is 1.20 bits per heavy atom. The maximum atomic E-state index is 13.1. The van der Waals surface area contributed by atoms with Crippen molar-refractivity contribution in [2.75, 3.05) is 32.7 Å². The van der Waals surface area contributed by atoms with Gasteiger partial charge < -0.3 is 24.1 Å². The molecular weight excluding hydrogens is 422 g/mol. The molecule has 0 fully saturated rings. The Hall–Kier alpha value is -2.88. The van der Waals surface area contributed by atoms with Crippen molar-refractivity contribution >= 4 is 48.9 Å². The van der Waals surface area contributed by atoms with E-state index in [2.05, 4.69) is 10.3 Å². The molecule has 156 valence electrons. The molecule has 1 amide bonds. The van der Waals surface area contributed by atoms with Crippen LogP contribution in [-0.2, 0) is 11.3 Å². The van der Waals surface area contributed by atoms with Crippen LogP contribution >= 0.6 is 22.7 Å². The largest absolute Gasteiger partial charge is 0.495 e. The minimum absolute atomic E-state index is 0.0575. The number of fused-ring (bicyclic) bond motifs is 1. The number of thiazole rings is 1. The van der Waals surface area contributed by atoms with E-state index in [1.165, 1.54) is 22.7 Å². The lowest BCUT2D eigenvalue weighted by molar-refractivity contribution is 0.0671. The van der Waals surface area contributed by atoms with E-state index in [0.717, 1.165) is 31.9 Å². The Kier molecular flexibility index (Phi) is 6.32. The van der Waals surface area contributed by atoms with Crippen molar-refractivity contribution in [2.24, 2.45) is 0 Å². The molecule has 3 aromatic heterocycles. The summed E-state index contributed by atoms with van der Waals surface area (Å²) >= 11 is 2.89. The molecule has 4 rings (SSSR count). The maximum Gasteiger partial charge on any atom is 0.264 e. The standard InChI is InChI=1S/C21H21N3O4S2/c1-26-11-9-24(13-14-6-5-10-28-14)20(25)18-12-17-19(29-18)23-21(30-17)22-15-7-3-4-8-16(15)27-2/h3-8,10,12H,9,11,13H2,1-2H3,(H,22,23). The SMILES string of the molecule is COCCN(Cc1ccco1)C(=O)c1cc2sc(Nc3ccccc3OC)nc2s1. The Morgan fingerprint density at radius 2 is 2.07 bits per heavy atom. The number of ether oxygens (including phenoxy) is 2. The molecule has 0 aliphatic rings. The third-order valence-electron chi connectivity index (χ3n) is 4.43. The van der Waals surface area contributed by atoms with Crippen LogP contribution in [0.25, 0.3) is 9.53 Å². The van der Waals surface area contributed by atoms with Gasteiger partial charge in [-0.05, 0) is 30.3 Å². The van der Waals surface area contributed by atoms with Crippen molar-refractivity contribution in [1.29, 1.82) is 0 Å². The van der Waals surface area contributed by atoms with Crippen LogP contribution < -0.4 is 10.1 Å². The summed E-state index contributed by atoms with van der Waals surface area (Å²) in [4.78, 5) is 20.9. The third kappa shape index (κ3) is 4.48. The molecule has 0 saturated carbocycles. The zero-order chi connectivity index (χ0) is 20.9. The summed E-state index contributed by atoms with van der Waals surface area (Å²) in [5, 5.41) is 4.05. The van der Waals surface area contributed by atoms with Gasteiger partial charge in [0, 0.05) is 13.7 Å². The Balaban J connectivity index is 1.52. The number of hydrogen-bond donors (Lipinski definition) is 1. The lowest BCUT2D eigenvalue weighted by atomic mass is 10.3. The molecule has 1 N–H and O–H groups in total. The van der Waals surface area contributed by atoms with E-state index in [4.69, 9.17) is 13.9 Å². The van der Waals surface area contributed by atoms with Gasteiger partial charge in [-0.1, -0.05) is 23.5 Å². The molecule has 0 saturated heterocycles. The van der Waals surface area contributed by atoms with Gasteiger partial charge in [-0.3, -0.25) is 4.79 Å². The zero-order valence-corrected chi connectivity index (χ0v) is 18.2. The third-order valence-corrected chi connectivity index (χ3v) is 6.49. The molecular formula is C21H21N3O4S2. The second-order valence-corrected chi connectivity index (χ2v) is 8.48. The van der Waals surface area contributed by atoms with Gasteiger partial charge in [0.25, 0.3) is 5.91 Å². The Bertz CT molecular complexity index is 1090. The number of nitrogens with one attached hydrogen (secondary N) is 1. The molecule has 30 heavy (non-hydrogen) atoms. The number of methoxy groups -OCH3 is 2. The summed E-state index contributed by atoms with van der Waals surface area (Å²) in [5.41, 5.74) is 0.849. The number of anilines is 2. The van der Waals surface area contributed by atoms with Crippen LogP contribution in [0.15, 0.2) is 53.1 Å². The monoisotopic (exact) mass is 443 g/mol. The van der Waals surface area contributed by atoms with Gasteiger partial charge in [-0.15, -0.1) is 11.3 Å². The predicted octanol–water partition coefficient (Wildman–Crippen LogP) is 4.99. The number of para-hydroxylation sites is 2. The highest BCUT2D eigenvalue weighted by molar-refractivity contribution is 7.29. The second kappa shape index (κ2) is 9.29. The van der Waals surface area contributed by atoms with Crippen LogP contribution in [0.5, 0.6) is 5.75 Å². The van der Waals surface area contributed by atoms with Gasteiger partial charge in [0.05, 0.1) is 41.8 Å². The lowest BCUT2D eigenvalue weighted by Crippen LogP contribution is -2.32. The minimum atomic E-state index is -0.0575. The molecule has 0 bridgehead atoms. The summed E-state index contributed by atoms with van der Waals surface area (Å²) in [5.74, 6) is 1.43. The van der Waals surface area contributed by atoms with Crippen molar-refractivity contribution in [2.45, 2.75) is 6.54 Å². The average Bonchev–Trinajstić information content (AvgIpc) is 3.48. The highest BCUT2D eigenvalue weighted by atomic mass is 32.1. The van der Waals surface area contributed by atoms with Crippen molar-refractivity contribution in [3.05, 3.63) is 59.4 Å². The first kappa shape index (κ1) is 20.4. The molecule has 0 spiro atoms. The normalized spacial score (nSPS) is 11.0. The lowest BCUT2D eigenvalue weighted by Gasteiger charge is -2.20. The summed E-state index contributed by atoms with van der Waals surface area (Å²) in [6.07, 6.45) is 1.61. The topological polar surface area (TPSA) is 76.8 Å². The predicted molar refractivity (Wildman–Crippen MR) is 119 cm³/mol. The number of aromatic nitrogens is 1. The van der Waals surface area contributed by atoms with Gasteiger partial charge in [-0.2, -0.15) is 0 Å². The van der Waals surface area contributed by atoms with Gasteiger partial charge in [0.2, 0.25) is 0 Å². The van der Waals surface area contributed by atoms with Crippen LogP contribution in [0.2, 0.25) is 0 Å². The number of amides is 1. The minimum Gasteiger partial charge on any atom is -0.495 e. The molecule has 0 atom stereocenters. The molecule has 0 radical (unpaired) electrons. The zero-order valence-electron chi connectivity index (χ0n) is 16.6. The fourth-order valence-corrected chi connectivity index (χ4v) is 5.05. The van der Waals surface area contributed by atoms with Crippen LogP contribution in [-0.4, -0.2) is 43.2 Å². The first-order valence-corrected chi connectivity index (χ1v) is 10.9. The van der Waals surface area contributed by atoms with Crippen molar-refractivity contribution in [1.82, 2.24) is 9.88 Å². The number of thiophene rings is 1. The van der Waals surface area contributed by atoms with Crippen LogP contribution in [0, 0.1) is 0 Å². The fourth-order valence-electron chi connectivity index (χ4n) is 2.96. The van der Waals surface area contributed by atoms with Crippen molar-refractivity contribution in [3.8, 4) is 5.75 Å². The molecule has 3 heterocycles. The van der Waals surface area contributed by atoms with Gasteiger partial charge in [0.15, 0.2) is 5.13 Å². The number of carbonyl (C=O) groups is 1.